The molecule has 0 spiro atoms. The predicted octanol–water partition coefficient (Wildman–Crippen LogP) is 0.916. The first-order valence-electron chi connectivity index (χ1n) is 6.04. The monoisotopic (exact) mass is 250 g/mol. The lowest BCUT2D eigenvalue weighted by atomic mass is 10.2. The molecule has 0 radical (unpaired) electrons. The summed E-state index contributed by atoms with van der Waals surface area (Å²) in [5.74, 6) is -0.113. The Morgan fingerprint density at radius 1 is 1.35 bits per heavy atom. The van der Waals surface area contributed by atoms with Crippen LogP contribution < -0.4 is 10.6 Å². The number of rotatable bonds is 8. The lowest BCUT2D eigenvalue weighted by Gasteiger charge is -2.11. The minimum Gasteiger partial charge on any atom is -0.374 e. The number of nitrogens with one attached hydrogen (secondary N) is 2. The fourth-order valence-electron chi connectivity index (χ4n) is 1.86. The first kappa shape index (κ1) is 14.3. The van der Waals surface area contributed by atoms with Gasteiger partial charge < -0.3 is 15.4 Å². The lowest BCUT2D eigenvalue weighted by molar-refractivity contribution is -0.120. The Balaban J connectivity index is 1.90. The molecule has 0 aromatic heterocycles. The van der Waals surface area contributed by atoms with Crippen molar-refractivity contribution < 1.29 is 18.3 Å². The van der Waals surface area contributed by atoms with Gasteiger partial charge in [-0.3, -0.25) is 4.79 Å². The summed E-state index contributed by atoms with van der Waals surface area (Å²) < 4.78 is 28.0. The van der Waals surface area contributed by atoms with E-state index in [9.17, 15) is 13.6 Å². The normalized spacial score (nSPS) is 16.6. The van der Waals surface area contributed by atoms with Gasteiger partial charge >= 0.3 is 0 Å². The van der Waals surface area contributed by atoms with Gasteiger partial charge in [-0.15, -0.1) is 0 Å². The molecule has 0 aliphatic heterocycles. The maximum atomic E-state index is 11.7. The van der Waals surface area contributed by atoms with Crippen molar-refractivity contribution in [1.82, 2.24) is 10.6 Å². The maximum Gasteiger partial charge on any atom is 0.261 e. The molecule has 1 aliphatic rings. The van der Waals surface area contributed by atoms with Gasteiger partial charge in [0.1, 0.15) is 6.61 Å². The molecule has 6 heteroatoms. The highest BCUT2D eigenvalue weighted by molar-refractivity contribution is 5.77. The van der Waals surface area contributed by atoms with E-state index in [4.69, 9.17) is 0 Å². The molecule has 100 valence electrons. The van der Waals surface area contributed by atoms with Gasteiger partial charge in [0.2, 0.25) is 5.91 Å². The number of carbonyl (C=O) groups is 1. The summed E-state index contributed by atoms with van der Waals surface area (Å²) in [6.45, 7) is 0.118. The van der Waals surface area contributed by atoms with Crippen LogP contribution in [-0.2, 0) is 9.53 Å². The Morgan fingerprint density at radius 3 is 2.71 bits per heavy atom. The van der Waals surface area contributed by atoms with E-state index < -0.39 is 13.0 Å². The lowest BCUT2D eigenvalue weighted by Crippen LogP contribution is -2.39. The van der Waals surface area contributed by atoms with Gasteiger partial charge in [-0.2, -0.15) is 0 Å². The number of hydrogen-bond acceptors (Lipinski definition) is 3. The highest BCUT2D eigenvalue weighted by Crippen LogP contribution is 2.17. The van der Waals surface area contributed by atoms with Crippen LogP contribution in [0.4, 0.5) is 8.78 Å². The fraction of sp³-hybridized carbons (Fsp3) is 0.909. The van der Waals surface area contributed by atoms with E-state index in [2.05, 4.69) is 15.4 Å². The van der Waals surface area contributed by atoms with Crippen molar-refractivity contribution in [3.63, 3.8) is 0 Å². The Morgan fingerprint density at radius 2 is 2.06 bits per heavy atom. The summed E-state index contributed by atoms with van der Waals surface area (Å²) >= 11 is 0. The van der Waals surface area contributed by atoms with E-state index in [1.807, 2.05) is 0 Å². The molecule has 0 bridgehead atoms. The molecule has 4 nitrogen and oxygen atoms in total. The highest BCUT2D eigenvalue weighted by atomic mass is 19.3. The van der Waals surface area contributed by atoms with Crippen LogP contribution in [0.3, 0.4) is 0 Å². The average Bonchev–Trinajstić information content (AvgIpc) is 2.78. The number of hydrogen-bond donors (Lipinski definition) is 2. The van der Waals surface area contributed by atoms with Crippen molar-refractivity contribution in [3.8, 4) is 0 Å². The summed E-state index contributed by atoms with van der Waals surface area (Å²) in [6, 6.07) is 0.454. The fourth-order valence-corrected chi connectivity index (χ4v) is 1.86. The zero-order valence-corrected chi connectivity index (χ0v) is 9.88. The molecule has 0 unspecified atom stereocenters. The molecule has 0 heterocycles. The molecule has 17 heavy (non-hydrogen) atoms. The number of amides is 1. The minimum absolute atomic E-state index is 0.113. The van der Waals surface area contributed by atoms with Crippen molar-refractivity contribution in [2.24, 2.45) is 0 Å². The molecule has 0 atom stereocenters. The van der Waals surface area contributed by atoms with Crippen LogP contribution in [-0.4, -0.2) is 44.7 Å². The molecule has 0 aromatic carbocycles. The van der Waals surface area contributed by atoms with Crippen LogP contribution in [0.2, 0.25) is 0 Å². The minimum atomic E-state index is -2.45. The number of carbonyl (C=O) groups excluding carboxylic acids is 1. The van der Waals surface area contributed by atoms with E-state index in [1.165, 1.54) is 12.8 Å². The van der Waals surface area contributed by atoms with Gasteiger partial charge in [0, 0.05) is 12.6 Å². The molecule has 1 amide bonds. The Hall–Kier alpha value is -0.750. The molecular weight excluding hydrogens is 230 g/mol. The first-order valence-corrected chi connectivity index (χ1v) is 6.04. The summed E-state index contributed by atoms with van der Waals surface area (Å²) in [7, 11) is 0. The van der Waals surface area contributed by atoms with Gasteiger partial charge in [-0.05, 0) is 12.8 Å². The van der Waals surface area contributed by atoms with Crippen LogP contribution in [0.25, 0.3) is 0 Å². The van der Waals surface area contributed by atoms with Crippen molar-refractivity contribution in [2.45, 2.75) is 38.2 Å². The first-order chi connectivity index (χ1) is 8.18. The second kappa shape index (κ2) is 8.36. The van der Waals surface area contributed by atoms with Gasteiger partial charge in [-0.1, -0.05) is 12.8 Å². The smallest absolute Gasteiger partial charge is 0.261 e. The van der Waals surface area contributed by atoms with E-state index >= 15 is 0 Å². The summed E-state index contributed by atoms with van der Waals surface area (Å²) in [5, 5.41) is 5.78. The Labute approximate surface area is 100 Å². The van der Waals surface area contributed by atoms with Gasteiger partial charge in [0.05, 0.1) is 13.2 Å². The highest BCUT2D eigenvalue weighted by Gasteiger charge is 2.14. The Bertz CT molecular complexity index is 222. The SMILES string of the molecule is O=C(CNC1CCCC1)NCCOCC(F)F. The summed E-state index contributed by atoms with van der Waals surface area (Å²) in [5.41, 5.74) is 0. The third kappa shape index (κ3) is 7.23. The van der Waals surface area contributed by atoms with Gasteiger partial charge in [0.15, 0.2) is 0 Å². The molecular formula is C11H20F2N2O2. The third-order valence-corrected chi connectivity index (χ3v) is 2.72. The second-order valence-corrected chi connectivity index (χ2v) is 4.18. The molecule has 2 N–H and O–H groups in total. The van der Waals surface area contributed by atoms with Gasteiger partial charge in [-0.25, -0.2) is 8.78 Å². The van der Waals surface area contributed by atoms with Crippen LogP contribution in [0.1, 0.15) is 25.7 Å². The molecule has 0 saturated heterocycles. The zero-order chi connectivity index (χ0) is 12.5. The standard InChI is InChI=1S/C11H20F2N2O2/c12-10(13)8-17-6-5-14-11(16)7-15-9-3-1-2-4-9/h9-10,15H,1-8H2,(H,14,16). The van der Waals surface area contributed by atoms with E-state index in [0.717, 1.165) is 12.8 Å². The molecule has 1 aliphatic carbocycles. The molecule has 1 saturated carbocycles. The van der Waals surface area contributed by atoms with Crippen molar-refractivity contribution >= 4 is 5.91 Å². The number of halogens is 2. The van der Waals surface area contributed by atoms with E-state index in [0.29, 0.717) is 12.6 Å². The zero-order valence-electron chi connectivity index (χ0n) is 9.88. The largest absolute Gasteiger partial charge is 0.374 e. The van der Waals surface area contributed by atoms with E-state index in [1.54, 1.807) is 0 Å². The molecule has 1 rings (SSSR count). The van der Waals surface area contributed by atoms with Crippen LogP contribution in [0.5, 0.6) is 0 Å². The van der Waals surface area contributed by atoms with Gasteiger partial charge in [0.25, 0.3) is 6.43 Å². The van der Waals surface area contributed by atoms with Crippen LogP contribution in [0, 0.1) is 0 Å². The third-order valence-electron chi connectivity index (χ3n) is 2.72. The van der Waals surface area contributed by atoms with Crippen molar-refractivity contribution in [1.29, 1.82) is 0 Å². The molecule has 1 fully saturated rings. The van der Waals surface area contributed by atoms with Crippen molar-refractivity contribution in [2.75, 3.05) is 26.3 Å². The average molecular weight is 250 g/mol. The quantitative estimate of drug-likeness (QED) is 0.630. The summed E-state index contributed by atoms with van der Waals surface area (Å²) in [4.78, 5) is 11.3. The topological polar surface area (TPSA) is 50.4 Å². The van der Waals surface area contributed by atoms with E-state index in [-0.39, 0.29) is 19.1 Å². The van der Waals surface area contributed by atoms with Crippen molar-refractivity contribution in [3.05, 3.63) is 0 Å². The number of alkyl halides is 2. The maximum absolute atomic E-state index is 11.7. The van der Waals surface area contributed by atoms with Crippen LogP contribution in [0.15, 0.2) is 0 Å². The second-order valence-electron chi connectivity index (χ2n) is 4.18. The van der Waals surface area contributed by atoms with Crippen LogP contribution >= 0.6 is 0 Å². The summed E-state index contributed by atoms with van der Waals surface area (Å²) in [6.07, 6.45) is 2.26. The predicted molar refractivity (Wildman–Crippen MR) is 60.1 cm³/mol. The molecule has 0 aromatic rings. The number of ether oxygens (including phenoxy) is 1. The Kier molecular flexibility index (Phi) is 7.04.